The number of hydrogen-bond donors (Lipinski definition) is 1. The van der Waals surface area contributed by atoms with E-state index in [1.807, 2.05) is 49.3 Å². The zero-order valence-electron chi connectivity index (χ0n) is 15.3. The standard InChI is InChI=1S/C20H21BrN4O2/c1-24(2)12-11-22-19(26)18-23-17-6-4-3-5-16(17)20(27)25(18)13-14-7-9-15(21)10-8-14/h3-10H,11-13H2,1-2H3,(H,22,26). The number of para-hydroxylation sites is 1. The molecule has 27 heavy (non-hydrogen) atoms. The Morgan fingerprint density at radius 3 is 2.56 bits per heavy atom. The van der Waals surface area contributed by atoms with Crippen molar-refractivity contribution in [2.75, 3.05) is 27.2 Å². The second-order valence-electron chi connectivity index (χ2n) is 6.53. The van der Waals surface area contributed by atoms with Gasteiger partial charge in [-0.1, -0.05) is 40.2 Å². The Bertz CT molecular complexity index is 1010. The molecule has 0 aliphatic heterocycles. The highest BCUT2D eigenvalue weighted by Gasteiger charge is 2.17. The zero-order chi connectivity index (χ0) is 19.4. The van der Waals surface area contributed by atoms with Crippen LogP contribution < -0.4 is 10.9 Å². The van der Waals surface area contributed by atoms with Gasteiger partial charge in [0, 0.05) is 17.6 Å². The molecule has 6 nitrogen and oxygen atoms in total. The number of carbonyl (C=O) groups excluding carboxylic acids is 1. The number of rotatable bonds is 6. The zero-order valence-corrected chi connectivity index (χ0v) is 16.9. The fourth-order valence-corrected chi connectivity index (χ4v) is 3.00. The predicted octanol–water partition coefficient (Wildman–Crippen LogP) is 2.50. The molecule has 0 saturated carbocycles. The number of nitrogens with one attached hydrogen (secondary N) is 1. The lowest BCUT2D eigenvalue weighted by Crippen LogP contribution is -2.37. The third kappa shape index (κ3) is 4.61. The van der Waals surface area contributed by atoms with Crippen LogP contribution in [0.2, 0.25) is 0 Å². The number of likely N-dealkylation sites (N-methyl/N-ethyl adjacent to an activating group) is 1. The molecule has 0 atom stereocenters. The molecule has 3 rings (SSSR count). The third-order valence-corrected chi connectivity index (χ3v) is 4.69. The number of carbonyl (C=O) groups is 1. The van der Waals surface area contributed by atoms with Gasteiger partial charge in [0.1, 0.15) is 0 Å². The van der Waals surface area contributed by atoms with Gasteiger partial charge < -0.3 is 10.2 Å². The summed E-state index contributed by atoms with van der Waals surface area (Å²) >= 11 is 3.41. The minimum atomic E-state index is -0.350. The second-order valence-corrected chi connectivity index (χ2v) is 7.45. The van der Waals surface area contributed by atoms with Crippen molar-refractivity contribution in [1.29, 1.82) is 0 Å². The lowest BCUT2D eigenvalue weighted by molar-refractivity contribution is 0.0935. The molecule has 0 unspecified atom stereocenters. The minimum Gasteiger partial charge on any atom is -0.348 e. The number of nitrogens with zero attached hydrogens (tertiary/aromatic N) is 3. The molecule has 0 saturated heterocycles. The molecule has 1 aromatic heterocycles. The lowest BCUT2D eigenvalue weighted by Gasteiger charge is -2.15. The van der Waals surface area contributed by atoms with Gasteiger partial charge >= 0.3 is 0 Å². The summed E-state index contributed by atoms with van der Waals surface area (Å²) in [6, 6.07) is 14.7. The summed E-state index contributed by atoms with van der Waals surface area (Å²) in [4.78, 5) is 32.2. The molecular weight excluding hydrogens is 408 g/mol. The van der Waals surface area contributed by atoms with E-state index >= 15 is 0 Å². The van der Waals surface area contributed by atoms with Crippen LogP contribution in [0.1, 0.15) is 16.2 Å². The average Bonchev–Trinajstić information content (AvgIpc) is 2.65. The van der Waals surface area contributed by atoms with E-state index in [9.17, 15) is 9.59 Å². The van der Waals surface area contributed by atoms with E-state index in [1.165, 1.54) is 4.57 Å². The highest BCUT2D eigenvalue weighted by molar-refractivity contribution is 9.10. The second kappa shape index (κ2) is 8.45. The molecule has 1 amide bonds. The van der Waals surface area contributed by atoms with Crippen LogP contribution in [0.5, 0.6) is 0 Å². The molecule has 1 heterocycles. The van der Waals surface area contributed by atoms with Crippen molar-refractivity contribution in [1.82, 2.24) is 19.8 Å². The van der Waals surface area contributed by atoms with Gasteiger partial charge in [0.15, 0.2) is 0 Å². The maximum Gasteiger partial charge on any atom is 0.287 e. The Labute approximate surface area is 166 Å². The van der Waals surface area contributed by atoms with E-state index < -0.39 is 0 Å². The maximum atomic E-state index is 13.0. The first-order valence-electron chi connectivity index (χ1n) is 8.62. The third-order valence-electron chi connectivity index (χ3n) is 4.16. The fourth-order valence-electron chi connectivity index (χ4n) is 2.73. The Morgan fingerprint density at radius 1 is 1.15 bits per heavy atom. The molecule has 0 bridgehead atoms. The van der Waals surface area contributed by atoms with Crippen LogP contribution in [-0.2, 0) is 6.54 Å². The number of aromatic nitrogens is 2. The predicted molar refractivity (Wildman–Crippen MR) is 110 cm³/mol. The van der Waals surface area contributed by atoms with Crippen LogP contribution in [-0.4, -0.2) is 47.5 Å². The quantitative estimate of drug-likeness (QED) is 0.654. The van der Waals surface area contributed by atoms with Crippen molar-refractivity contribution < 1.29 is 4.79 Å². The van der Waals surface area contributed by atoms with Crippen LogP contribution in [0.3, 0.4) is 0 Å². The molecule has 2 aromatic carbocycles. The summed E-state index contributed by atoms with van der Waals surface area (Å²) in [5, 5.41) is 3.35. The summed E-state index contributed by atoms with van der Waals surface area (Å²) in [6.45, 7) is 1.46. The van der Waals surface area contributed by atoms with Gasteiger partial charge in [-0.05, 0) is 43.9 Å². The Balaban J connectivity index is 2.02. The molecule has 1 N–H and O–H groups in total. The molecule has 0 spiro atoms. The number of amides is 1. The molecular formula is C20H21BrN4O2. The summed E-state index contributed by atoms with van der Waals surface area (Å²) < 4.78 is 2.40. The van der Waals surface area contributed by atoms with Gasteiger partial charge in [-0.15, -0.1) is 0 Å². The topological polar surface area (TPSA) is 67.2 Å². The normalized spacial score (nSPS) is 11.1. The van der Waals surface area contributed by atoms with E-state index in [-0.39, 0.29) is 23.8 Å². The lowest BCUT2D eigenvalue weighted by atomic mass is 10.2. The van der Waals surface area contributed by atoms with Crippen LogP contribution >= 0.6 is 15.9 Å². The van der Waals surface area contributed by atoms with Crippen molar-refractivity contribution in [3.8, 4) is 0 Å². The van der Waals surface area contributed by atoms with Crippen LogP contribution in [0.15, 0.2) is 57.8 Å². The van der Waals surface area contributed by atoms with E-state index in [0.29, 0.717) is 24.0 Å². The fraction of sp³-hybridized carbons (Fsp3) is 0.250. The largest absolute Gasteiger partial charge is 0.348 e. The Hall–Kier alpha value is -2.51. The molecule has 7 heteroatoms. The van der Waals surface area contributed by atoms with E-state index in [1.54, 1.807) is 18.2 Å². The molecule has 140 valence electrons. The highest BCUT2D eigenvalue weighted by atomic mass is 79.9. The first kappa shape index (κ1) is 19.3. The molecule has 0 aliphatic carbocycles. The van der Waals surface area contributed by atoms with E-state index in [2.05, 4.69) is 26.2 Å². The van der Waals surface area contributed by atoms with Gasteiger partial charge in [-0.2, -0.15) is 0 Å². The van der Waals surface area contributed by atoms with Crippen LogP contribution in [0.25, 0.3) is 10.9 Å². The summed E-state index contributed by atoms with van der Waals surface area (Å²) in [5.41, 5.74) is 1.22. The first-order valence-corrected chi connectivity index (χ1v) is 9.42. The van der Waals surface area contributed by atoms with Gasteiger partial charge in [0.2, 0.25) is 5.82 Å². The number of hydrogen-bond acceptors (Lipinski definition) is 4. The average molecular weight is 429 g/mol. The van der Waals surface area contributed by atoms with Gasteiger partial charge in [-0.25, -0.2) is 4.98 Å². The van der Waals surface area contributed by atoms with Crippen molar-refractivity contribution in [3.63, 3.8) is 0 Å². The molecule has 0 fully saturated rings. The monoisotopic (exact) mass is 428 g/mol. The van der Waals surface area contributed by atoms with E-state index in [0.717, 1.165) is 10.0 Å². The van der Waals surface area contributed by atoms with Crippen molar-refractivity contribution in [2.24, 2.45) is 0 Å². The Morgan fingerprint density at radius 2 is 1.85 bits per heavy atom. The molecule has 3 aromatic rings. The molecule has 0 radical (unpaired) electrons. The van der Waals surface area contributed by atoms with Crippen molar-refractivity contribution in [2.45, 2.75) is 6.54 Å². The minimum absolute atomic E-state index is 0.125. The summed E-state index contributed by atoms with van der Waals surface area (Å²) in [6.07, 6.45) is 0. The summed E-state index contributed by atoms with van der Waals surface area (Å²) in [7, 11) is 3.87. The van der Waals surface area contributed by atoms with Gasteiger partial charge in [0.25, 0.3) is 11.5 Å². The Kier molecular flexibility index (Phi) is 6.03. The number of fused-ring (bicyclic) bond motifs is 1. The van der Waals surface area contributed by atoms with Crippen LogP contribution in [0.4, 0.5) is 0 Å². The van der Waals surface area contributed by atoms with Gasteiger partial charge in [-0.3, -0.25) is 14.2 Å². The number of halogens is 1. The van der Waals surface area contributed by atoms with Crippen molar-refractivity contribution in [3.05, 3.63) is 74.7 Å². The van der Waals surface area contributed by atoms with Gasteiger partial charge in [0.05, 0.1) is 17.4 Å². The first-order chi connectivity index (χ1) is 13.0. The maximum absolute atomic E-state index is 13.0. The highest BCUT2D eigenvalue weighted by Crippen LogP contribution is 2.13. The SMILES string of the molecule is CN(C)CCNC(=O)c1nc2ccccc2c(=O)n1Cc1ccc(Br)cc1. The van der Waals surface area contributed by atoms with Crippen LogP contribution in [0, 0.1) is 0 Å². The summed E-state index contributed by atoms with van der Waals surface area (Å²) in [5.74, 6) is -0.225. The number of benzene rings is 2. The van der Waals surface area contributed by atoms with E-state index in [4.69, 9.17) is 0 Å². The smallest absolute Gasteiger partial charge is 0.287 e. The molecule has 0 aliphatic rings. The van der Waals surface area contributed by atoms with Crippen molar-refractivity contribution >= 4 is 32.7 Å².